The van der Waals surface area contributed by atoms with E-state index in [0.717, 1.165) is 33.1 Å². The number of benzene rings is 8. The molecule has 2 heterocycles. The Morgan fingerprint density at radius 3 is 1.92 bits per heavy atom. The number of thiazole rings is 1. The van der Waals surface area contributed by atoms with E-state index in [-0.39, 0.29) is 0 Å². The maximum atomic E-state index is 5.09. The van der Waals surface area contributed by atoms with Crippen LogP contribution in [0.15, 0.2) is 182 Å². The van der Waals surface area contributed by atoms with Crippen molar-refractivity contribution in [3.05, 3.63) is 182 Å². The van der Waals surface area contributed by atoms with Gasteiger partial charge in [-0.25, -0.2) is 4.98 Å². The van der Waals surface area contributed by atoms with Crippen molar-refractivity contribution in [3.63, 3.8) is 0 Å². The summed E-state index contributed by atoms with van der Waals surface area (Å²) in [6.45, 7) is 0. The van der Waals surface area contributed by atoms with Crippen LogP contribution >= 0.6 is 22.7 Å². The van der Waals surface area contributed by atoms with E-state index in [0.29, 0.717) is 0 Å². The number of nitrogens with zero attached hydrogens (tertiary/aromatic N) is 2. The highest BCUT2D eigenvalue weighted by Gasteiger charge is 2.21. The quantitative estimate of drug-likeness (QED) is 0.173. The van der Waals surface area contributed by atoms with Crippen molar-refractivity contribution in [1.29, 1.82) is 0 Å². The normalized spacial score (nSPS) is 11.5. The third-order valence-electron chi connectivity index (χ3n) is 9.71. The molecule has 0 aliphatic heterocycles. The lowest BCUT2D eigenvalue weighted by Crippen LogP contribution is -2.11. The van der Waals surface area contributed by atoms with E-state index >= 15 is 0 Å². The summed E-state index contributed by atoms with van der Waals surface area (Å²) in [4.78, 5) is 7.52. The summed E-state index contributed by atoms with van der Waals surface area (Å²) in [5, 5.41) is 6.08. The Morgan fingerprint density at radius 2 is 1.08 bits per heavy atom. The fourth-order valence-electron chi connectivity index (χ4n) is 7.30. The molecule has 0 fully saturated rings. The van der Waals surface area contributed by atoms with Crippen LogP contribution < -0.4 is 4.90 Å². The molecule has 0 N–H and O–H groups in total. The molecule has 2 nitrogen and oxygen atoms in total. The van der Waals surface area contributed by atoms with Crippen LogP contribution in [0.2, 0.25) is 0 Å². The Bertz CT molecular complexity index is 2850. The molecule has 8 aromatic carbocycles. The number of aromatic nitrogens is 1. The van der Waals surface area contributed by atoms with Gasteiger partial charge >= 0.3 is 0 Å². The van der Waals surface area contributed by atoms with Crippen molar-refractivity contribution >= 4 is 80.9 Å². The monoisotopic (exact) mass is 686 g/mol. The smallest absolute Gasteiger partial charge is 0.124 e. The van der Waals surface area contributed by atoms with Crippen LogP contribution in [0, 0.1) is 0 Å². The Morgan fingerprint density at radius 1 is 0.431 bits per heavy atom. The van der Waals surface area contributed by atoms with E-state index in [4.69, 9.17) is 4.98 Å². The van der Waals surface area contributed by atoms with Crippen molar-refractivity contribution in [2.45, 2.75) is 0 Å². The van der Waals surface area contributed by atoms with Crippen LogP contribution in [0.4, 0.5) is 17.1 Å². The third-order valence-corrected chi connectivity index (χ3v) is 12.0. The standard InChI is InChI=1S/C47H30N2S2/c1-3-12-31(13-4-1)32-22-24-35(25-23-32)49(42-21-10-9-19-39(42)38-20-11-17-33-14-7-8-18-37(33)38)36-26-28-43-40(30-36)45-44(50-43)29-27-41-46(45)51-47(48-41)34-15-5-2-6-16-34/h1-30H. The van der Waals surface area contributed by atoms with Gasteiger partial charge in [-0.3, -0.25) is 0 Å². The number of fused-ring (bicyclic) bond motifs is 6. The Hall–Kier alpha value is -6.07. The molecule has 0 atom stereocenters. The minimum Gasteiger partial charge on any atom is -0.310 e. The van der Waals surface area contributed by atoms with Gasteiger partial charge in [-0.2, -0.15) is 0 Å². The fraction of sp³-hybridized carbons (Fsp3) is 0. The third kappa shape index (κ3) is 5.20. The molecule has 0 unspecified atom stereocenters. The number of thiophene rings is 1. The Labute approximate surface area is 304 Å². The van der Waals surface area contributed by atoms with Crippen LogP contribution in [0.25, 0.3) is 74.0 Å². The second-order valence-corrected chi connectivity index (χ2v) is 14.8. The molecule has 4 heteroatoms. The number of anilines is 3. The van der Waals surface area contributed by atoms with Crippen LogP contribution in [-0.4, -0.2) is 4.98 Å². The lowest BCUT2D eigenvalue weighted by Gasteiger charge is -2.28. The first kappa shape index (κ1) is 29.8. The highest BCUT2D eigenvalue weighted by Crippen LogP contribution is 2.47. The molecule has 0 amide bonds. The molecule has 0 aliphatic rings. The first-order chi connectivity index (χ1) is 25.3. The van der Waals surface area contributed by atoms with Crippen molar-refractivity contribution in [1.82, 2.24) is 4.98 Å². The SMILES string of the molecule is c1ccc(-c2ccc(N(c3ccc4sc5ccc6nc(-c7ccccc7)sc6c5c4c3)c3ccccc3-c3cccc4ccccc34)cc2)cc1. The second-order valence-electron chi connectivity index (χ2n) is 12.7. The van der Waals surface area contributed by atoms with Crippen molar-refractivity contribution in [2.24, 2.45) is 0 Å². The summed E-state index contributed by atoms with van der Waals surface area (Å²) in [7, 11) is 0. The van der Waals surface area contributed by atoms with Gasteiger partial charge in [0.1, 0.15) is 5.01 Å². The molecule has 10 rings (SSSR count). The van der Waals surface area contributed by atoms with Crippen LogP contribution in [0.5, 0.6) is 0 Å². The van der Waals surface area contributed by atoms with E-state index in [1.165, 1.54) is 57.9 Å². The van der Waals surface area contributed by atoms with E-state index < -0.39 is 0 Å². The van der Waals surface area contributed by atoms with Crippen LogP contribution in [-0.2, 0) is 0 Å². The van der Waals surface area contributed by atoms with Crippen molar-refractivity contribution in [3.8, 4) is 32.8 Å². The molecule has 0 aliphatic carbocycles. The average molecular weight is 687 g/mol. The summed E-state index contributed by atoms with van der Waals surface area (Å²) >= 11 is 3.64. The van der Waals surface area contributed by atoms with Gasteiger partial charge in [-0.15, -0.1) is 22.7 Å². The minimum absolute atomic E-state index is 1.05. The van der Waals surface area contributed by atoms with Crippen molar-refractivity contribution in [2.75, 3.05) is 4.90 Å². The maximum Gasteiger partial charge on any atom is 0.124 e. The second kappa shape index (κ2) is 12.4. The lowest BCUT2D eigenvalue weighted by atomic mass is 9.96. The largest absolute Gasteiger partial charge is 0.310 e. The van der Waals surface area contributed by atoms with Gasteiger partial charge in [0.15, 0.2) is 0 Å². The van der Waals surface area contributed by atoms with Crippen LogP contribution in [0.3, 0.4) is 0 Å². The van der Waals surface area contributed by atoms with Gasteiger partial charge in [0.25, 0.3) is 0 Å². The Kier molecular flexibility index (Phi) is 7.23. The molecule has 10 aromatic rings. The highest BCUT2D eigenvalue weighted by atomic mass is 32.1. The number of rotatable bonds is 6. The van der Waals surface area contributed by atoms with E-state index in [1.807, 2.05) is 11.3 Å². The molecular formula is C47H30N2S2. The highest BCUT2D eigenvalue weighted by molar-refractivity contribution is 7.28. The van der Waals surface area contributed by atoms with E-state index in [9.17, 15) is 0 Å². The maximum absolute atomic E-state index is 5.09. The predicted octanol–water partition coefficient (Wildman–Crippen LogP) is 14.3. The first-order valence-electron chi connectivity index (χ1n) is 17.1. The first-order valence-corrected chi connectivity index (χ1v) is 18.8. The topological polar surface area (TPSA) is 16.1 Å². The zero-order chi connectivity index (χ0) is 33.7. The number of hydrogen-bond acceptors (Lipinski definition) is 4. The predicted molar refractivity (Wildman–Crippen MR) is 221 cm³/mol. The average Bonchev–Trinajstić information content (AvgIpc) is 3.81. The van der Waals surface area contributed by atoms with E-state index in [2.05, 4.69) is 187 Å². The molecule has 240 valence electrons. The van der Waals surface area contributed by atoms with Crippen LogP contribution in [0.1, 0.15) is 0 Å². The van der Waals surface area contributed by atoms with Gasteiger partial charge in [0, 0.05) is 42.7 Å². The van der Waals surface area contributed by atoms with Gasteiger partial charge in [0.05, 0.1) is 15.9 Å². The molecule has 0 saturated carbocycles. The van der Waals surface area contributed by atoms with Gasteiger partial charge < -0.3 is 4.90 Å². The molecule has 2 aromatic heterocycles. The minimum atomic E-state index is 1.05. The summed E-state index contributed by atoms with van der Waals surface area (Å²) in [5.74, 6) is 0. The van der Waals surface area contributed by atoms with Crippen molar-refractivity contribution < 1.29 is 0 Å². The van der Waals surface area contributed by atoms with Gasteiger partial charge in [-0.05, 0) is 76.0 Å². The number of para-hydroxylation sites is 1. The molecule has 0 bridgehead atoms. The number of hydrogen-bond donors (Lipinski definition) is 0. The zero-order valence-electron chi connectivity index (χ0n) is 27.5. The molecule has 0 saturated heterocycles. The molecular weight excluding hydrogens is 657 g/mol. The zero-order valence-corrected chi connectivity index (χ0v) is 29.2. The summed E-state index contributed by atoms with van der Waals surface area (Å²) in [6, 6.07) is 65.6. The summed E-state index contributed by atoms with van der Waals surface area (Å²) < 4.78 is 3.80. The molecule has 0 spiro atoms. The molecule has 0 radical (unpaired) electrons. The van der Waals surface area contributed by atoms with E-state index in [1.54, 1.807) is 11.3 Å². The Balaban J connectivity index is 1.20. The summed E-state index contributed by atoms with van der Waals surface area (Å²) in [5.41, 5.74) is 10.4. The summed E-state index contributed by atoms with van der Waals surface area (Å²) in [6.07, 6.45) is 0. The lowest BCUT2D eigenvalue weighted by molar-refractivity contribution is 1.29. The van der Waals surface area contributed by atoms with Gasteiger partial charge in [0.2, 0.25) is 0 Å². The molecule has 51 heavy (non-hydrogen) atoms. The van der Waals surface area contributed by atoms with Gasteiger partial charge in [-0.1, -0.05) is 133 Å². The fourth-order valence-corrected chi connectivity index (χ4v) is 9.59.